The maximum atomic E-state index is 13.6. The van der Waals surface area contributed by atoms with Crippen molar-refractivity contribution < 1.29 is 17.5 Å². The lowest BCUT2D eigenvalue weighted by Crippen LogP contribution is -2.40. The highest BCUT2D eigenvalue weighted by atomic mass is 32.2. The number of sulfonamides is 1. The Morgan fingerprint density at radius 1 is 1.34 bits per heavy atom. The SMILES string of the molecule is CCNC(=NCCS(=O)(=O)Nc1ccc(C)c(F)c1)N(C)CCC1CCOCC1. The number of aryl methyl sites for hydroxylation is 1. The maximum Gasteiger partial charge on any atom is 0.234 e. The van der Waals surface area contributed by atoms with Gasteiger partial charge in [-0.1, -0.05) is 6.07 Å². The van der Waals surface area contributed by atoms with Crippen molar-refractivity contribution in [3.8, 4) is 0 Å². The number of benzene rings is 1. The van der Waals surface area contributed by atoms with E-state index in [0.29, 0.717) is 24.0 Å². The van der Waals surface area contributed by atoms with Crippen LogP contribution >= 0.6 is 0 Å². The standard InChI is InChI=1S/C20H33FN4O3S/c1-4-22-20(25(3)11-7-17-8-12-28-13-9-17)23-10-14-29(26,27)24-18-6-5-16(2)19(21)15-18/h5-6,15,17,24H,4,7-14H2,1-3H3,(H,22,23). The molecule has 9 heteroatoms. The van der Waals surface area contributed by atoms with Crippen molar-refractivity contribution in [3.63, 3.8) is 0 Å². The molecule has 1 aliphatic rings. The van der Waals surface area contributed by atoms with Gasteiger partial charge < -0.3 is 15.0 Å². The second kappa shape index (κ2) is 11.3. The van der Waals surface area contributed by atoms with E-state index in [1.807, 2.05) is 18.9 Å². The molecule has 2 rings (SSSR count). The number of aliphatic imine (C=N–C) groups is 1. The molecule has 0 unspecified atom stereocenters. The first-order chi connectivity index (χ1) is 13.8. The maximum absolute atomic E-state index is 13.6. The van der Waals surface area contributed by atoms with E-state index >= 15 is 0 Å². The quantitative estimate of drug-likeness (QED) is 0.467. The smallest absolute Gasteiger partial charge is 0.234 e. The summed E-state index contributed by atoms with van der Waals surface area (Å²) in [6.45, 7) is 6.94. The van der Waals surface area contributed by atoms with Crippen LogP contribution in [0.25, 0.3) is 0 Å². The Labute approximate surface area is 173 Å². The molecule has 0 amide bonds. The van der Waals surface area contributed by atoms with Crippen molar-refractivity contribution in [2.24, 2.45) is 10.9 Å². The molecule has 7 nitrogen and oxygen atoms in total. The molecule has 1 aliphatic heterocycles. The van der Waals surface area contributed by atoms with Crippen LogP contribution in [0.5, 0.6) is 0 Å². The molecule has 2 N–H and O–H groups in total. The summed E-state index contributed by atoms with van der Waals surface area (Å²) in [4.78, 5) is 6.49. The van der Waals surface area contributed by atoms with Crippen molar-refractivity contribution in [1.29, 1.82) is 0 Å². The van der Waals surface area contributed by atoms with E-state index in [9.17, 15) is 12.8 Å². The van der Waals surface area contributed by atoms with Crippen molar-refractivity contribution in [3.05, 3.63) is 29.6 Å². The van der Waals surface area contributed by atoms with Crippen LogP contribution in [0.15, 0.2) is 23.2 Å². The van der Waals surface area contributed by atoms with Crippen LogP contribution in [0, 0.1) is 18.7 Å². The van der Waals surface area contributed by atoms with Gasteiger partial charge in [0, 0.05) is 33.4 Å². The molecule has 0 radical (unpaired) electrons. The van der Waals surface area contributed by atoms with Gasteiger partial charge in [-0.05, 0) is 56.7 Å². The molecule has 1 aromatic carbocycles. The Kier molecular flexibility index (Phi) is 9.16. The van der Waals surface area contributed by atoms with Crippen LogP contribution in [-0.4, -0.2) is 64.9 Å². The van der Waals surface area contributed by atoms with Crippen LogP contribution in [-0.2, 0) is 14.8 Å². The monoisotopic (exact) mass is 428 g/mol. The summed E-state index contributed by atoms with van der Waals surface area (Å²) in [7, 11) is -1.65. The van der Waals surface area contributed by atoms with Crippen LogP contribution in [0.1, 0.15) is 31.7 Å². The number of ether oxygens (including phenoxy) is 1. The van der Waals surface area contributed by atoms with E-state index in [1.165, 1.54) is 6.07 Å². The third kappa shape index (κ3) is 8.18. The molecule has 164 valence electrons. The first-order valence-electron chi connectivity index (χ1n) is 10.1. The summed E-state index contributed by atoms with van der Waals surface area (Å²) in [6, 6.07) is 4.28. The Balaban J connectivity index is 1.87. The number of nitrogens with one attached hydrogen (secondary N) is 2. The molecule has 0 saturated carbocycles. The average Bonchev–Trinajstić information content (AvgIpc) is 2.69. The summed E-state index contributed by atoms with van der Waals surface area (Å²) in [5.74, 6) is 0.735. The van der Waals surface area contributed by atoms with E-state index in [0.717, 1.165) is 39.0 Å². The van der Waals surface area contributed by atoms with Crippen molar-refractivity contribution in [2.75, 3.05) is 50.4 Å². The zero-order valence-corrected chi connectivity index (χ0v) is 18.4. The lowest BCUT2D eigenvalue weighted by atomic mass is 9.96. The highest BCUT2D eigenvalue weighted by Crippen LogP contribution is 2.18. The van der Waals surface area contributed by atoms with Crippen molar-refractivity contribution >= 4 is 21.7 Å². The van der Waals surface area contributed by atoms with Crippen LogP contribution < -0.4 is 10.0 Å². The molecule has 1 saturated heterocycles. The highest BCUT2D eigenvalue weighted by molar-refractivity contribution is 7.92. The Bertz CT molecular complexity index is 780. The number of anilines is 1. The lowest BCUT2D eigenvalue weighted by Gasteiger charge is -2.26. The minimum absolute atomic E-state index is 0.119. The number of hydrogen-bond donors (Lipinski definition) is 2. The summed E-state index contributed by atoms with van der Waals surface area (Å²) < 4.78 is 46.0. The van der Waals surface area contributed by atoms with Gasteiger partial charge in [0.15, 0.2) is 5.96 Å². The molecule has 0 bridgehead atoms. The predicted molar refractivity (Wildman–Crippen MR) is 115 cm³/mol. The number of guanidine groups is 1. The zero-order chi connectivity index (χ0) is 21.3. The Hall–Kier alpha value is -1.87. The molecule has 1 heterocycles. The van der Waals surface area contributed by atoms with Gasteiger partial charge in [-0.3, -0.25) is 9.71 Å². The van der Waals surface area contributed by atoms with Crippen LogP contribution in [0.3, 0.4) is 0 Å². The molecule has 0 spiro atoms. The first kappa shape index (κ1) is 23.4. The molecular formula is C20H33FN4O3S. The number of rotatable bonds is 9. The second-order valence-corrected chi connectivity index (χ2v) is 9.23. The van der Waals surface area contributed by atoms with Gasteiger partial charge in [-0.2, -0.15) is 0 Å². The van der Waals surface area contributed by atoms with Crippen molar-refractivity contribution in [1.82, 2.24) is 10.2 Å². The van der Waals surface area contributed by atoms with E-state index in [1.54, 1.807) is 19.1 Å². The molecular weight excluding hydrogens is 395 g/mol. The molecule has 0 atom stereocenters. The fourth-order valence-electron chi connectivity index (χ4n) is 3.15. The fourth-order valence-corrected chi connectivity index (χ4v) is 4.07. The molecule has 1 fully saturated rings. The van der Waals surface area contributed by atoms with E-state index in [2.05, 4.69) is 15.0 Å². The Morgan fingerprint density at radius 3 is 2.72 bits per heavy atom. The van der Waals surface area contributed by atoms with Crippen LogP contribution in [0.2, 0.25) is 0 Å². The van der Waals surface area contributed by atoms with E-state index in [-0.39, 0.29) is 18.0 Å². The van der Waals surface area contributed by atoms with Gasteiger partial charge in [0.25, 0.3) is 0 Å². The second-order valence-electron chi connectivity index (χ2n) is 7.39. The topological polar surface area (TPSA) is 83.0 Å². The number of hydrogen-bond acceptors (Lipinski definition) is 4. The van der Waals surface area contributed by atoms with Gasteiger partial charge in [0.05, 0.1) is 18.0 Å². The molecule has 1 aromatic rings. The predicted octanol–water partition coefficient (Wildman–Crippen LogP) is 2.59. The summed E-state index contributed by atoms with van der Waals surface area (Å²) in [5.41, 5.74) is 0.689. The van der Waals surface area contributed by atoms with Crippen LogP contribution in [0.4, 0.5) is 10.1 Å². The third-order valence-electron chi connectivity index (χ3n) is 4.98. The third-order valence-corrected chi connectivity index (χ3v) is 6.24. The Morgan fingerprint density at radius 2 is 2.07 bits per heavy atom. The largest absolute Gasteiger partial charge is 0.381 e. The number of nitrogens with zero attached hydrogens (tertiary/aromatic N) is 2. The van der Waals surface area contributed by atoms with Gasteiger partial charge >= 0.3 is 0 Å². The zero-order valence-electron chi connectivity index (χ0n) is 17.6. The summed E-state index contributed by atoms with van der Waals surface area (Å²) in [5, 5.41) is 3.21. The minimum atomic E-state index is -3.61. The van der Waals surface area contributed by atoms with E-state index in [4.69, 9.17) is 4.74 Å². The first-order valence-corrected chi connectivity index (χ1v) is 11.8. The summed E-state index contributed by atoms with van der Waals surface area (Å²) >= 11 is 0. The number of halogens is 1. The lowest BCUT2D eigenvalue weighted by molar-refractivity contribution is 0.0625. The normalized spacial score (nSPS) is 15.9. The van der Waals surface area contributed by atoms with E-state index < -0.39 is 15.8 Å². The van der Waals surface area contributed by atoms with Gasteiger partial charge in [0.2, 0.25) is 10.0 Å². The fraction of sp³-hybridized carbons (Fsp3) is 0.650. The highest BCUT2D eigenvalue weighted by Gasteiger charge is 2.16. The van der Waals surface area contributed by atoms with Gasteiger partial charge in [-0.15, -0.1) is 0 Å². The van der Waals surface area contributed by atoms with Crippen molar-refractivity contribution in [2.45, 2.75) is 33.1 Å². The molecule has 0 aliphatic carbocycles. The average molecular weight is 429 g/mol. The van der Waals surface area contributed by atoms with Gasteiger partial charge in [-0.25, -0.2) is 12.8 Å². The minimum Gasteiger partial charge on any atom is -0.381 e. The molecule has 0 aromatic heterocycles. The molecule has 29 heavy (non-hydrogen) atoms. The van der Waals surface area contributed by atoms with Gasteiger partial charge in [0.1, 0.15) is 5.82 Å². The summed E-state index contributed by atoms with van der Waals surface area (Å²) in [6.07, 6.45) is 3.24.